The van der Waals surface area contributed by atoms with Crippen molar-refractivity contribution in [1.29, 1.82) is 0 Å². The van der Waals surface area contributed by atoms with Crippen LogP contribution in [0.1, 0.15) is 96.1 Å². The van der Waals surface area contributed by atoms with Gasteiger partial charge in [0, 0.05) is 37.3 Å². The molecule has 2 unspecified atom stereocenters. The van der Waals surface area contributed by atoms with Gasteiger partial charge in [0.1, 0.15) is 17.1 Å². The van der Waals surface area contributed by atoms with E-state index in [0.29, 0.717) is 30.8 Å². The van der Waals surface area contributed by atoms with Crippen LogP contribution in [0.2, 0.25) is 0 Å². The molecule has 190 valence electrons. The van der Waals surface area contributed by atoms with Crippen LogP contribution >= 0.6 is 0 Å². The monoisotopic (exact) mass is 475 g/mol. The van der Waals surface area contributed by atoms with E-state index in [1.165, 1.54) is 0 Å². The van der Waals surface area contributed by atoms with E-state index in [1.807, 2.05) is 26.0 Å². The normalized spacial score (nSPS) is 27.2. The Labute approximate surface area is 203 Å². The lowest BCUT2D eigenvalue weighted by Crippen LogP contribution is -2.55. The van der Waals surface area contributed by atoms with Gasteiger partial charge in [0.2, 0.25) is 5.91 Å². The van der Waals surface area contributed by atoms with Gasteiger partial charge in [-0.2, -0.15) is 0 Å². The van der Waals surface area contributed by atoms with Gasteiger partial charge in [0.15, 0.2) is 0 Å². The van der Waals surface area contributed by atoms with Crippen molar-refractivity contribution in [1.82, 2.24) is 5.32 Å². The van der Waals surface area contributed by atoms with E-state index in [1.54, 1.807) is 14.0 Å². The first-order chi connectivity index (χ1) is 16.0. The number of rotatable bonds is 9. The molecule has 34 heavy (non-hydrogen) atoms. The summed E-state index contributed by atoms with van der Waals surface area (Å²) in [5, 5.41) is 24.0. The van der Waals surface area contributed by atoms with E-state index in [-0.39, 0.29) is 36.6 Å². The van der Waals surface area contributed by atoms with Crippen LogP contribution in [0.25, 0.3) is 0 Å². The predicted octanol–water partition coefficient (Wildman–Crippen LogP) is 4.02. The van der Waals surface area contributed by atoms with Gasteiger partial charge in [-0.15, -0.1) is 0 Å². The molecule has 7 nitrogen and oxygen atoms in total. The molecule has 0 spiro atoms. The molecular weight excluding hydrogens is 434 g/mol. The SMILES string of the molecule is CCCCCc1cc(OC(=O)CCCC(=O)NC)c2c(c1)OC(C)(C)[C@@H]1CC(O)C(C)(O)C[C@@H]21. The molecule has 3 rings (SSSR count). The number of aryl methyl sites for hydroxylation is 1. The number of unbranched alkanes of at least 4 members (excludes halogenated alkanes) is 2. The number of amides is 1. The minimum Gasteiger partial charge on any atom is -0.487 e. The fourth-order valence-electron chi connectivity index (χ4n) is 5.42. The second kappa shape index (κ2) is 10.6. The number of carbonyl (C=O) groups excluding carboxylic acids is 2. The molecule has 0 aromatic heterocycles. The summed E-state index contributed by atoms with van der Waals surface area (Å²) in [4.78, 5) is 24.2. The van der Waals surface area contributed by atoms with E-state index >= 15 is 0 Å². The van der Waals surface area contributed by atoms with Crippen molar-refractivity contribution in [3.63, 3.8) is 0 Å². The number of benzene rings is 1. The van der Waals surface area contributed by atoms with Crippen molar-refractivity contribution in [2.24, 2.45) is 5.92 Å². The lowest BCUT2D eigenvalue weighted by atomic mass is 9.62. The average Bonchev–Trinajstić information content (AvgIpc) is 2.74. The lowest BCUT2D eigenvalue weighted by molar-refractivity contribution is -0.138. The van der Waals surface area contributed by atoms with Gasteiger partial charge in [-0.25, -0.2) is 0 Å². The van der Waals surface area contributed by atoms with Crippen LogP contribution in [-0.2, 0) is 16.0 Å². The zero-order chi connectivity index (χ0) is 25.1. The number of hydrogen-bond acceptors (Lipinski definition) is 6. The summed E-state index contributed by atoms with van der Waals surface area (Å²) in [7, 11) is 1.57. The number of fused-ring (bicyclic) bond motifs is 3. The first-order valence-corrected chi connectivity index (χ1v) is 12.7. The largest absolute Gasteiger partial charge is 0.487 e. The van der Waals surface area contributed by atoms with Gasteiger partial charge in [-0.1, -0.05) is 19.8 Å². The van der Waals surface area contributed by atoms with Crippen molar-refractivity contribution in [3.05, 3.63) is 23.3 Å². The molecule has 1 aliphatic heterocycles. The predicted molar refractivity (Wildman–Crippen MR) is 130 cm³/mol. The molecule has 4 atom stereocenters. The summed E-state index contributed by atoms with van der Waals surface area (Å²) in [6.45, 7) is 7.87. The Kier molecular flexibility index (Phi) is 8.30. The number of nitrogens with one attached hydrogen (secondary N) is 1. The molecule has 7 heteroatoms. The van der Waals surface area contributed by atoms with Gasteiger partial charge < -0.3 is 25.0 Å². The zero-order valence-corrected chi connectivity index (χ0v) is 21.3. The maximum Gasteiger partial charge on any atom is 0.311 e. The topological polar surface area (TPSA) is 105 Å². The van der Waals surface area contributed by atoms with Crippen LogP contribution in [0.5, 0.6) is 11.5 Å². The Morgan fingerprint density at radius 2 is 1.91 bits per heavy atom. The average molecular weight is 476 g/mol. The maximum atomic E-state index is 12.7. The van der Waals surface area contributed by atoms with Crippen molar-refractivity contribution < 1.29 is 29.3 Å². The molecule has 1 aliphatic carbocycles. The molecule has 2 aliphatic rings. The standard InChI is InChI=1S/C27H41NO6/c1-6-7-8-10-17-13-20(33-24(31)12-9-11-23(30)28-5)25-18-16-27(4,32)22(29)15-19(18)26(2,3)34-21(25)14-17/h13-14,18-19,22,29,32H,6-12,15-16H2,1-5H3,(H,28,30)/t18-,19-,22?,27?/m1/s1. The number of aliphatic hydroxyl groups is 2. The van der Waals surface area contributed by atoms with Gasteiger partial charge in [0.05, 0.1) is 11.7 Å². The molecular formula is C27H41NO6. The fourth-order valence-corrected chi connectivity index (χ4v) is 5.42. The number of ether oxygens (including phenoxy) is 2. The minimum absolute atomic E-state index is 0.0353. The van der Waals surface area contributed by atoms with Gasteiger partial charge in [-0.05, 0) is 70.6 Å². The molecule has 1 amide bonds. The summed E-state index contributed by atoms with van der Waals surface area (Å²) >= 11 is 0. The second-order valence-electron chi connectivity index (χ2n) is 10.7. The van der Waals surface area contributed by atoms with Gasteiger partial charge in [-0.3, -0.25) is 9.59 Å². The van der Waals surface area contributed by atoms with Crippen LogP contribution in [0, 0.1) is 5.92 Å². The Morgan fingerprint density at radius 1 is 1.18 bits per heavy atom. The first kappa shape index (κ1) is 26.5. The highest BCUT2D eigenvalue weighted by atomic mass is 16.5. The molecule has 1 heterocycles. The van der Waals surface area contributed by atoms with Gasteiger partial charge >= 0.3 is 5.97 Å². The Hall–Kier alpha value is -2.12. The smallest absolute Gasteiger partial charge is 0.311 e. The third kappa shape index (κ3) is 5.92. The molecule has 0 radical (unpaired) electrons. The van der Waals surface area contributed by atoms with E-state index in [0.717, 1.165) is 36.8 Å². The van der Waals surface area contributed by atoms with E-state index in [2.05, 4.69) is 12.2 Å². The van der Waals surface area contributed by atoms with Crippen molar-refractivity contribution in [3.8, 4) is 11.5 Å². The highest BCUT2D eigenvalue weighted by molar-refractivity contribution is 5.77. The molecule has 1 aromatic carbocycles. The van der Waals surface area contributed by atoms with E-state index in [9.17, 15) is 19.8 Å². The van der Waals surface area contributed by atoms with Crippen molar-refractivity contribution in [2.75, 3.05) is 7.05 Å². The molecule has 0 bridgehead atoms. The van der Waals surface area contributed by atoms with Crippen LogP contribution in [-0.4, -0.2) is 46.4 Å². The molecule has 0 saturated heterocycles. The lowest BCUT2D eigenvalue weighted by Gasteiger charge is -2.52. The third-order valence-corrected chi connectivity index (χ3v) is 7.47. The summed E-state index contributed by atoms with van der Waals surface area (Å²) in [5.41, 5.74) is 0.0829. The van der Waals surface area contributed by atoms with Crippen LogP contribution in [0.15, 0.2) is 12.1 Å². The summed E-state index contributed by atoms with van der Waals surface area (Å²) in [6, 6.07) is 3.98. The quantitative estimate of drug-likeness (QED) is 0.283. The molecule has 1 saturated carbocycles. The van der Waals surface area contributed by atoms with Crippen LogP contribution < -0.4 is 14.8 Å². The zero-order valence-electron chi connectivity index (χ0n) is 21.3. The molecule has 3 N–H and O–H groups in total. The summed E-state index contributed by atoms with van der Waals surface area (Å²) < 4.78 is 12.4. The van der Waals surface area contributed by atoms with E-state index in [4.69, 9.17) is 9.47 Å². The van der Waals surface area contributed by atoms with Crippen molar-refractivity contribution >= 4 is 11.9 Å². The number of aliphatic hydroxyl groups excluding tert-OH is 1. The number of esters is 1. The number of hydrogen-bond donors (Lipinski definition) is 3. The highest BCUT2D eigenvalue weighted by Crippen LogP contribution is 2.56. The van der Waals surface area contributed by atoms with Gasteiger partial charge in [0.25, 0.3) is 0 Å². The molecule has 1 aromatic rings. The van der Waals surface area contributed by atoms with Crippen LogP contribution in [0.4, 0.5) is 0 Å². The Morgan fingerprint density at radius 3 is 2.59 bits per heavy atom. The van der Waals surface area contributed by atoms with Crippen LogP contribution in [0.3, 0.4) is 0 Å². The number of carbonyl (C=O) groups is 2. The molecule has 1 fully saturated rings. The third-order valence-electron chi connectivity index (χ3n) is 7.47. The summed E-state index contributed by atoms with van der Waals surface area (Å²) in [5.74, 6) is 0.528. The minimum atomic E-state index is -1.24. The fraction of sp³-hybridized carbons (Fsp3) is 0.704. The maximum absolute atomic E-state index is 12.7. The second-order valence-corrected chi connectivity index (χ2v) is 10.7. The van der Waals surface area contributed by atoms with Crippen molar-refractivity contribution in [2.45, 2.75) is 109 Å². The first-order valence-electron chi connectivity index (χ1n) is 12.7. The Balaban J connectivity index is 1.95. The van der Waals surface area contributed by atoms with E-state index < -0.39 is 17.3 Å². The summed E-state index contributed by atoms with van der Waals surface area (Å²) in [6.07, 6.45) is 4.85. The Bertz CT molecular complexity index is 893. The highest BCUT2D eigenvalue weighted by Gasteiger charge is 2.53.